The first kappa shape index (κ1) is 20.1. The van der Waals surface area contributed by atoms with Gasteiger partial charge in [0, 0.05) is 30.9 Å². The van der Waals surface area contributed by atoms with Crippen molar-refractivity contribution < 1.29 is 4.79 Å². The smallest absolute Gasteiger partial charge is 0.279 e. The second kappa shape index (κ2) is 8.57. The summed E-state index contributed by atoms with van der Waals surface area (Å²) in [5.41, 5.74) is 5.23. The predicted molar refractivity (Wildman–Crippen MR) is 119 cm³/mol. The summed E-state index contributed by atoms with van der Waals surface area (Å²) in [6.07, 6.45) is 1.84. The van der Waals surface area contributed by atoms with Crippen LogP contribution in [0.15, 0.2) is 54.0 Å². The van der Waals surface area contributed by atoms with Gasteiger partial charge in [-0.05, 0) is 69.2 Å². The van der Waals surface area contributed by atoms with Gasteiger partial charge in [-0.15, -0.1) is 6.58 Å². The van der Waals surface area contributed by atoms with Crippen LogP contribution < -0.4 is 9.70 Å². The Morgan fingerprint density at radius 3 is 2.46 bits per heavy atom. The molecule has 0 aliphatic heterocycles. The molecule has 0 saturated carbocycles. The first-order chi connectivity index (χ1) is 13.5. The standard InChI is InChI=1S/C23H27N3OS/c1-6-13-26-20-15-16(4)14-17(5)21(20)28-23(26)24-22(27)18-9-11-19(12-10-18)25(7-2)8-3/h6,9-12,14-15H,1,7-8,13H2,2-5H3. The van der Waals surface area contributed by atoms with E-state index >= 15 is 0 Å². The summed E-state index contributed by atoms with van der Waals surface area (Å²) in [7, 11) is 0. The van der Waals surface area contributed by atoms with Crippen LogP contribution in [0.2, 0.25) is 0 Å². The molecule has 28 heavy (non-hydrogen) atoms. The lowest BCUT2D eigenvalue weighted by atomic mass is 10.1. The van der Waals surface area contributed by atoms with Crippen LogP contribution in [0, 0.1) is 13.8 Å². The van der Waals surface area contributed by atoms with Gasteiger partial charge in [0.05, 0.1) is 10.2 Å². The molecule has 146 valence electrons. The Balaban J connectivity index is 2.04. The Morgan fingerprint density at radius 2 is 1.86 bits per heavy atom. The molecule has 1 aromatic heterocycles. The van der Waals surface area contributed by atoms with Crippen molar-refractivity contribution >= 4 is 33.1 Å². The summed E-state index contributed by atoms with van der Waals surface area (Å²) >= 11 is 1.56. The maximum Gasteiger partial charge on any atom is 0.279 e. The SMILES string of the molecule is C=CCn1c(=NC(=O)c2ccc(N(CC)CC)cc2)sc2c(C)cc(C)cc21. The Kier molecular flexibility index (Phi) is 6.15. The largest absolute Gasteiger partial charge is 0.372 e. The Bertz CT molecular complexity index is 1070. The van der Waals surface area contributed by atoms with Crippen LogP contribution in [-0.2, 0) is 6.54 Å². The third kappa shape index (κ3) is 3.94. The number of carbonyl (C=O) groups is 1. The number of carbonyl (C=O) groups excluding carboxylic acids is 1. The number of nitrogens with zero attached hydrogens (tertiary/aromatic N) is 3. The Morgan fingerprint density at radius 1 is 1.18 bits per heavy atom. The van der Waals surface area contributed by atoms with Gasteiger partial charge < -0.3 is 9.47 Å². The Labute approximate surface area is 170 Å². The molecule has 0 radical (unpaired) electrons. The molecule has 0 atom stereocenters. The number of fused-ring (bicyclic) bond motifs is 1. The van der Waals surface area contributed by atoms with E-state index < -0.39 is 0 Å². The van der Waals surface area contributed by atoms with E-state index in [-0.39, 0.29) is 5.91 Å². The summed E-state index contributed by atoms with van der Waals surface area (Å²) in [4.78, 5) is 20.2. The number of benzene rings is 2. The first-order valence-electron chi connectivity index (χ1n) is 9.64. The molecule has 5 heteroatoms. The van der Waals surface area contributed by atoms with E-state index in [1.54, 1.807) is 11.3 Å². The fourth-order valence-electron chi connectivity index (χ4n) is 3.46. The van der Waals surface area contributed by atoms with Crippen molar-refractivity contribution in [1.82, 2.24) is 4.57 Å². The van der Waals surface area contributed by atoms with Crippen LogP contribution in [-0.4, -0.2) is 23.6 Å². The van der Waals surface area contributed by atoms with E-state index in [0.29, 0.717) is 16.9 Å². The number of thiazole rings is 1. The van der Waals surface area contributed by atoms with Crippen molar-refractivity contribution in [2.75, 3.05) is 18.0 Å². The van der Waals surface area contributed by atoms with E-state index in [4.69, 9.17) is 0 Å². The highest BCUT2D eigenvalue weighted by Crippen LogP contribution is 2.23. The van der Waals surface area contributed by atoms with Gasteiger partial charge in [-0.25, -0.2) is 0 Å². The monoisotopic (exact) mass is 393 g/mol. The van der Waals surface area contributed by atoms with Gasteiger partial charge in [0.2, 0.25) is 0 Å². The zero-order chi connectivity index (χ0) is 20.3. The lowest BCUT2D eigenvalue weighted by Gasteiger charge is -2.20. The lowest BCUT2D eigenvalue weighted by Crippen LogP contribution is -2.21. The van der Waals surface area contributed by atoms with Gasteiger partial charge >= 0.3 is 0 Å². The maximum atomic E-state index is 12.8. The lowest BCUT2D eigenvalue weighted by molar-refractivity contribution is 0.0998. The van der Waals surface area contributed by atoms with Gasteiger partial charge in [0.1, 0.15) is 0 Å². The van der Waals surface area contributed by atoms with Crippen LogP contribution in [0.1, 0.15) is 35.3 Å². The van der Waals surface area contributed by atoms with Gasteiger partial charge in [-0.2, -0.15) is 4.99 Å². The van der Waals surface area contributed by atoms with E-state index in [9.17, 15) is 4.79 Å². The van der Waals surface area contributed by atoms with Crippen LogP contribution in [0.4, 0.5) is 5.69 Å². The van der Waals surface area contributed by atoms with Crippen molar-refractivity contribution in [3.8, 4) is 0 Å². The van der Waals surface area contributed by atoms with Gasteiger partial charge in [0.25, 0.3) is 5.91 Å². The molecule has 2 aromatic carbocycles. The molecule has 0 unspecified atom stereocenters. The van der Waals surface area contributed by atoms with Crippen molar-refractivity contribution in [1.29, 1.82) is 0 Å². The minimum absolute atomic E-state index is 0.218. The third-order valence-corrected chi connectivity index (χ3v) is 6.10. The highest BCUT2D eigenvalue weighted by atomic mass is 32.1. The predicted octanol–water partition coefficient (Wildman–Crippen LogP) is 5.09. The molecular formula is C23H27N3OS. The minimum Gasteiger partial charge on any atom is -0.372 e. The number of aromatic nitrogens is 1. The maximum absolute atomic E-state index is 12.8. The molecular weight excluding hydrogens is 366 g/mol. The molecule has 0 spiro atoms. The minimum atomic E-state index is -0.218. The first-order valence-corrected chi connectivity index (χ1v) is 10.5. The fraction of sp³-hybridized carbons (Fsp3) is 0.304. The third-order valence-electron chi connectivity index (χ3n) is 4.87. The Hall–Kier alpha value is -2.66. The molecule has 0 bridgehead atoms. The summed E-state index contributed by atoms with van der Waals surface area (Å²) in [6.45, 7) is 14.8. The highest BCUT2D eigenvalue weighted by Gasteiger charge is 2.11. The summed E-state index contributed by atoms with van der Waals surface area (Å²) in [5.74, 6) is -0.218. The average molecular weight is 394 g/mol. The summed E-state index contributed by atoms with van der Waals surface area (Å²) < 4.78 is 3.23. The van der Waals surface area contributed by atoms with Crippen molar-refractivity contribution in [3.05, 3.63) is 70.5 Å². The topological polar surface area (TPSA) is 37.6 Å². The van der Waals surface area contributed by atoms with Crippen molar-refractivity contribution in [3.63, 3.8) is 0 Å². The zero-order valence-corrected chi connectivity index (χ0v) is 17.8. The normalized spacial score (nSPS) is 11.8. The van der Waals surface area contributed by atoms with Crippen LogP contribution in [0.25, 0.3) is 10.2 Å². The molecule has 3 rings (SSSR count). The van der Waals surface area contributed by atoms with Crippen molar-refractivity contribution in [2.45, 2.75) is 34.2 Å². The average Bonchev–Trinajstić information content (AvgIpc) is 3.01. The second-order valence-corrected chi connectivity index (χ2v) is 7.83. The molecule has 3 aromatic rings. The van der Waals surface area contributed by atoms with E-state index in [0.717, 1.165) is 29.0 Å². The number of hydrogen-bond donors (Lipinski definition) is 0. The van der Waals surface area contributed by atoms with Crippen LogP contribution in [0.5, 0.6) is 0 Å². The number of rotatable bonds is 6. The number of aryl methyl sites for hydroxylation is 2. The van der Waals surface area contributed by atoms with Crippen LogP contribution >= 0.6 is 11.3 Å². The molecule has 1 amide bonds. The molecule has 4 nitrogen and oxygen atoms in total. The molecule has 0 N–H and O–H groups in total. The molecule has 0 saturated heterocycles. The van der Waals surface area contributed by atoms with E-state index in [2.05, 4.69) is 60.9 Å². The number of hydrogen-bond acceptors (Lipinski definition) is 3. The molecule has 0 aliphatic carbocycles. The zero-order valence-electron chi connectivity index (χ0n) is 17.0. The molecule has 1 heterocycles. The number of allylic oxidation sites excluding steroid dienone is 1. The summed E-state index contributed by atoms with van der Waals surface area (Å²) in [6, 6.07) is 12.0. The second-order valence-electron chi connectivity index (χ2n) is 6.85. The van der Waals surface area contributed by atoms with Gasteiger partial charge in [-0.1, -0.05) is 23.5 Å². The number of amides is 1. The molecule has 0 fully saturated rings. The fourth-order valence-corrected chi connectivity index (χ4v) is 4.55. The number of anilines is 1. The van der Waals surface area contributed by atoms with Crippen LogP contribution in [0.3, 0.4) is 0 Å². The van der Waals surface area contributed by atoms with E-state index in [1.165, 1.54) is 11.1 Å². The molecule has 0 aliphatic rings. The van der Waals surface area contributed by atoms with Gasteiger partial charge in [-0.3, -0.25) is 4.79 Å². The van der Waals surface area contributed by atoms with Gasteiger partial charge in [0.15, 0.2) is 4.80 Å². The quantitative estimate of drug-likeness (QED) is 0.547. The van der Waals surface area contributed by atoms with Crippen molar-refractivity contribution in [2.24, 2.45) is 4.99 Å². The van der Waals surface area contributed by atoms with E-state index in [1.807, 2.05) is 30.3 Å². The summed E-state index contributed by atoms with van der Waals surface area (Å²) in [5, 5.41) is 0. The highest BCUT2D eigenvalue weighted by molar-refractivity contribution is 7.16.